The molecule has 0 spiro atoms. The summed E-state index contributed by atoms with van der Waals surface area (Å²) in [5.74, 6) is 1.26. The molecule has 1 aromatic rings. The molecule has 1 N–H and O–H groups in total. The standard InChI is InChI=1S/C13H21NS/c1-3-14-13(10-7-11-15-2)12-8-5-4-6-9-12/h4-6,8-9,13-14H,3,7,10-11H2,1-2H3. The molecule has 0 saturated heterocycles. The molecule has 1 aromatic carbocycles. The molecule has 1 nitrogen and oxygen atoms in total. The highest BCUT2D eigenvalue weighted by Crippen LogP contribution is 2.18. The summed E-state index contributed by atoms with van der Waals surface area (Å²) in [6, 6.07) is 11.3. The molecule has 15 heavy (non-hydrogen) atoms. The van der Waals surface area contributed by atoms with Gasteiger partial charge in [0.25, 0.3) is 0 Å². The summed E-state index contributed by atoms with van der Waals surface area (Å²) in [6.07, 6.45) is 4.69. The van der Waals surface area contributed by atoms with Crippen LogP contribution in [0.2, 0.25) is 0 Å². The fraction of sp³-hybridized carbons (Fsp3) is 0.538. The van der Waals surface area contributed by atoms with Crippen molar-refractivity contribution in [2.45, 2.75) is 25.8 Å². The van der Waals surface area contributed by atoms with Crippen molar-refractivity contribution in [3.8, 4) is 0 Å². The maximum absolute atomic E-state index is 3.55. The van der Waals surface area contributed by atoms with Gasteiger partial charge in [0.15, 0.2) is 0 Å². The lowest BCUT2D eigenvalue weighted by Gasteiger charge is -2.17. The number of thioether (sulfide) groups is 1. The van der Waals surface area contributed by atoms with Gasteiger partial charge in [0.2, 0.25) is 0 Å². The van der Waals surface area contributed by atoms with E-state index in [-0.39, 0.29) is 0 Å². The van der Waals surface area contributed by atoms with E-state index in [0.29, 0.717) is 6.04 Å². The Labute approximate surface area is 97.7 Å². The first kappa shape index (κ1) is 12.6. The first-order valence-corrected chi connectivity index (χ1v) is 7.05. The van der Waals surface area contributed by atoms with Gasteiger partial charge in [-0.05, 0) is 37.0 Å². The third kappa shape index (κ3) is 4.72. The molecule has 1 atom stereocenters. The molecule has 0 amide bonds. The Morgan fingerprint density at radius 1 is 1.27 bits per heavy atom. The zero-order chi connectivity index (χ0) is 10.9. The van der Waals surface area contributed by atoms with Crippen LogP contribution in [0.4, 0.5) is 0 Å². The number of rotatable bonds is 7. The predicted molar refractivity (Wildman–Crippen MR) is 70.5 cm³/mol. The molecule has 0 bridgehead atoms. The largest absolute Gasteiger partial charge is 0.310 e. The SMILES string of the molecule is CCNC(CCCSC)c1ccccc1. The number of hydrogen-bond acceptors (Lipinski definition) is 2. The summed E-state index contributed by atoms with van der Waals surface area (Å²) in [6.45, 7) is 3.21. The highest BCUT2D eigenvalue weighted by molar-refractivity contribution is 7.98. The number of nitrogens with one attached hydrogen (secondary N) is 1. The van der Waals surface area contributed by atoms with Crippen LogP contribution in [0.1, 0.15) is 31.4 Å². The van der Waals surface area contributed by atoms with E-state index in [0.717, 1.165) is 6.54 Å². The van der Waals surface area contributed by atoms with Gasteiger partial charge >= 0.3 is 0 Å². The Balaban J connectivity index is 2.50. The van der Waals surface area contributed by atoms with Crippen LogP contribution < -0.4 is 5.32 Å². The Morgan fingerprint density at radius 3 is 2.60 bits per heavy atom. The second kappa shape index (κ2) is 7.77. The second-order valence-electron chi connectivity index (χ2n) is 3.66. The summed E-state index contributed by atoms with van der Waals surface area (Å²) in [7, 11) is 0. The molecule has 0 saturated carbocycles. The molecular formula is C13H21NS. The Kier molecular flexibility index (Phi) is 6.53. The maximum Gasteiger partial charge on any atom is 0.0320 e. The molecule has 0 aromatic heterocycles. The van der Waals surface area contributed by atoms with Gasteiger partial charge < -0.3 is 5.32 Å². The van der Waals surface area contributed by atoms with Crippen LogP contribution in [-0.4, -0.2) is 18.6 Å². The lowest BCUT2D eigenvalue weighted by Crippen LogP contribution is -2.20. The lowest BCUT2D eigenvalue weighted by molar-refractivity contribution is 0.511. The zero-order valence-electron chi connectivity index (χ0n) is 9.70. The highest BCUT2D eigenvalue weighted by atomic mass is 32.2. The molecule has 1 unspecified atom stereocenters. The van der Waals surface area contributed by atoms with Crippen LogP contribution in [0.15, 0.2) is 30.3 Å². The maximum atomic E-state index is 3.55. The van der Waals surface area contributed by atoms with E-state index in [1.807, 2.05) is 11.8 Å². The summed E-state index contributed by atoms with van der Waals surface area (Å²) in [5, 5.41) is 3.55. The minimum absolute atomic E-state index is 0.531. The normalized spacial score (nSPS) is 12.7. The van der Waals surface area contributed by atoms with Crippen molar-refractivity contribution in [2.24, 2.45) is 0 Å². The summed E-state index contributed by atoms with van der Waals surface area (Å²) in [5.41, 5.74) is 1.42. The van der Waals surface area contributed by atoms with E-state index < -0.39 is 0 Å². The first-order valence-electron chi connectivity index (χ1n) is 5.65. The van der Waals surface area contributed by atoms with Crippen LogP contribution in [0.5, 0.6) is 0 Å². The molecule has 0 heterocycles. The Bertz CT molecular complexity index is 248. The molecule has 1 rings (SSSR count). The van der Waals surface area contributed by atoms with Crippen molar-refractivity contribution in [1.82, 2.24) is 5.32 Å². The molecule has 0 radical (unpaired) electrons. The first-order chi connectivity index (χ1) is 7.38. The van der Waals surface area contributed by atoms with E-state index in [1.165, 1.54) is 24.2 Å². The quantitative estimate of drug-likeness (QED) is 0.710. The van der Waals surface area contributed by atoms with Crippen molar-refractivity contribution in [1.29, 1.82) is 0 Å². The van der Waals surface area contributed by atoms with Crippen LogP contribution >= 0.6 is 11.8 Å². The molecule has 0 aliphatic rings. The average molecular weight is 223 g/mol. The average Bonchev–Trinajstić information content (AvgIpc) is 2.29. The molecule has 2 heteroatoms. The monoisotopic (exact) mass is 223 g/mol. The van der Waals surface area contributed by atoms with Crippen molar-refractivity contribution in [3.63, 3.8) is 0 Å². The van der Waals surface area contributed by atoms with Crippen LogP contribution in [0.3, 0.4) is 0 Å². The third-order valence-electron chi connectivity index (χ3n) is 2.49. The Morgan fingerprint density at radius 2 is 2.00 bits per heavy atom. The van der Waals surface area contributed by atoms with Crippen molar-refractivity contribution >= 4 is 11.8 Å². The van der Waals surface area contributed by atoms with Crippen LogP contribution in [0, 0.1) is 0 Å². The molecular weight excluding hydrogens is 202 g/mol. The second-order valence-corrected chi connectivity index (χ2v) is 4.64. The van der Waals surface area contributed by atoms with Gasteiger partial charge in [0.1, 0.15) is 0 Å². The van der Waals surface area contributed by atoms with Crippen molar-refractivity contribution < 1.29 is 0 Å². The number of hydrogen-bond donors (Lipinski definition) is 1. The van der Waals surface area contributed by atoms with Gasteiger partial charge in [0.05, 0.1) is 0 Å². The van der Waals surface area contributed by atoms with Gasteiger partial charge in [-0.3, -0.25) is 0 Å². The zero-order valence-corrected chi connectivity index (χ0v) is 10.5. The third-order valence-corrected chi connectivity index (χ3v) is 3.19. The molecule has 84 valence electrons. The highest BCUT2D eigenvalue weighted by Gasteiger charge is 2.08. The van der Waals surface area contributed by atoms with Gasteiger partial charge in [0, 0.05) is 6.04 Å². The molecule has 0 aliphatic carbocycles. The van der Waals surface area contributed by atoms with E-state index in [1.54, 1.807) is 0 Å². The lowest BCUT2D eigenvalue weighted by atomic mass is 10.0. The van der Waals surface area contributed by atoms with Gasteiger partial charge in [-0.1, -0.05) is 37.3 Å². The van der Waals surface area contributed by atoms with Gasteiger partial charge in [-0.15, -0.1) is 0 Å². The summed E-state index contributed by atoms with van der Waals surface area (Å²) < 4.78 is 0. The van der Waals surface area contributed by atoms with Crippen molar-refractivity contribution in [3.05, 3.63) is 35.9 Å². The van der Waals surface area contributed by atoms with Crippen LogP contribution in [0.25, 0.3) is 0 Å². The minimum atomic E-state index is 0.531. The van der Waals surface area contributed by atoms with E-state index >= 15 is 0 Å². The minimum Gasteiger partial charge on any atom is -0.310 e. The van der Waals surface area contributed by atoms with Gasteiger partial charge in [-0.25, -0.2) is 0 Å². The smallest absolute Gasteiger partial charge is 0.0320 e. The summed E-state index contributed by atoms with van der Waals surface area (Å²) in [4.78, 5) is 0. The van der Waals surface area contributed by atoms with E-state index in [9.17, 15) is 0 Å². The van der Waals surface area contributed by atoms with Gasteiger partial charge in [-0.2, -0.15) is 11.8 Å². The van der Waals surface area contributed by atoms with E-state index in [4.69, 9.17) is 0 Å². The van der Waals surface area contributed by atoms with E-state index in [2.05, 4.69) is 48.8 Å². The Hall–Kier alpha value is -0.470. The fourth-order valence-corrected chi connectivity index (χ4v) is 2.21. The molecule has 0 fully saturated rings. The van der Waals surface area contributed by atoms with Crippen molar-refractivity contribution in [2.75, 3.05) is 18.6 Å². The fourth-order valence-electron chi connectivity index (χ4n) is 1.75. The summed E-state index contributed by atoms with van der Waals surface area (Å²) >= 11 is 1.93. The molecule has 0 aliphatic heterocycles. The van der Waals surface area contributed by atoms with Crippen LogP contribution in [-0.2, 0) is 0 Å². The predicted octanol–water partition coefficient (Wildman–Crippen LogP) is 3.48. The number of benzene rings is 1. The topological polar surface area (TPSA) is 12.0 Å².